The van der Waals surface area contributed by atoms with Gasteiger partial charge < -0.3 is 20.3 Å². The van der Waals surface area contributed by atoms with Crippen molar-refractivity contribution in [3.05, 3.63) is 90.0 Å². The number of carbonyl (C=O) groups is 2. The largest absolute Gasteiger partial charge is 0.465 e. The number of carbonyl (C=O) groups excluding carboxylic acids is 2. The van der Waals surface area contributed by atoms with E-state index in [1.807, 2.05) is 24.3 Å². The summed E-state index contributed by atoms with van der Waals surface area (Å²) in [5.74, 6) is -0.684. The number of esters is 1. The van der Waals surface area contributed by atoms with Crippen molar-refractivity contribution in [3.63, 3.8) is 0 Å². The third-order valence-electron chi connectivity index (χ3n) is 6.12. The van der Waals surface area contributed by atoms with Crippen LogP contribution >= 0.6 is 0 Å². The molecule has 1 saturated heterocycles. The third-order valence-corrected chi connectivity index (χ3v) is 6.12. The molecule has 0 aromatic heterocycles. The summed E-state index contributed by atoms with van der Waals surface area (Å²) in [5.41, 5.74) is 9.08. The number of hydrogen-bond donors (Lipinski definition) is 1. The first-order valence-corrected chi connectivity index (χ1v) is 11.4. The van der Waals surface area contributed by atoms with Crippen molar-refractivity contribution in [2.45, 2.75) is 0 Å². The lowest BCUT2D eigenvalue weighted by Crippen LogP contribution is -2.49. The molecule has 3 aromatic rings. The highest BCUT2D eigenvalue weighted by Gasteiger charge is 2.25. The predicted octanol–water partition coefficient (Wildman–Crippen LogP) is 3.52. The van der Waals surface area contributed by atoms with Crippen molar-refractivity contribution in [2.24, 2.45) is 0 Å². The first kappa shape index (κ1) is 23.3. The standard InChI is InChI=1S/C27H30N4O3/c1-34-27(33)24-13-12-22(28)20-25(24)31(26(32)21-8-4-2-5-9-21)19-16-29-14-17-30(18-15-29)23-10-6-3-7-11-23/h2-13,20H,14-19,28H2,1H3. The van der Waals surface area contributed by atoms with Gasteiger partial charge in [0.2, 0.25) is 0 Å². The average Bonchev–Trinajstić information content (AvgIpc) is 2.89. The van der Waals surface area contributed by atoms with Gasteiger partial charge in [-0.05, 0) is 42.5 Å². The van der Waals surface area contributed by atoms with Crippen LogP contribution < -0.4 is 15.5 Å². The van der Waals surface area contributed by atoms with Crippen LogP contribution in [0.15, 0.2) is 78.9 Å². The minimum absolute atomic E-state index is 0.181. The summed E-state index contributed by atoms with van der Waals surface area (Å²) in [6.45, 7) is 4.72. The third kappa shape index (κ3) is 5.38. The summed E-state index contributed by atoms with van der Waals surface area (Å²) < 4.78 is 4.97. The number of nitrogen functional groups attached to an aromatic ring is 1. The Balaban J connectivity index is 1.53. The average molecular weight is 459 g/mol. The van der Waals surface area contributed by atoms with E-state index in [1.165, 1.54) is 12.8 Å². The van der Waals surface area contributed by atoms with E-state index in [0.29, 0.717) is 35.6 Å². The maximum atomic E-state index is 13.5. The zero-order valence-corrected chi connectivity index (χ0v) is 19.4. The molecule has 0 radical (unpaired) electrons. The topological polar surface area (TPSA) is 79.1 Å². The number of piperazine rings is 1. The maximum Gasteiger partial charge on any atom is 0.339 e. The highest BCUT2D eigenvalue weighted by molar-refractivity contribution is 6.10. The van der Waals surface area contributed by atoms with E-state index in [1.54, 1.807) is 35.2 Å². The molecular weight excluding hydrogens is 428 g/mol. The minimum Gasteiger partial charge on any atom is -0.465 e. The zero-order valence-electron chi connectivity index (χ0n) is 19.4. The normalized spacial score (nSPS) is 14.0. The second-order valence-corrected chi connectivity index (χ2v) is 8.26. The molecule has 0 saturated carbocycles. The predicted molar refractivity (Wildman–Crippen MR) is 135 cm³/mol. The molecule has 176 valence electrons. The van der Waals surface area contributed by atoms with Crippen LogP contribution in [0.5, 0.6) is 0 Å². The van der Waals surface area contributed by atoms with E-state index in [0.717, 1.165) is 26.2 Å². The molecule has 7 nitrogen and oxygen atoms in total. The van der Waals surface area contributed by atoms with Gasteiger partial charge in [-0.25, -0.2) is 4.79 Å². The van der Waals surface area contributed by atoms with Gasteiger partial charge in [-0.3, -0.25) is 9.69 Å². The van der Waals surface area contributed by atoms with Crippen molar-refractivity contribution in [3.8, 4) is 0 Å². The Bertz CT molecular complexity index is 1110. The molecule has 7 heteroatoms. The number of para-hydroxylation sites is 1. The van der Waals surface area contributed by atoms with Crippen molar-refractivity contribution in [2.75, 3.05) is 61.9 Å². The maximum absolute atomic E-state index is 13.5. The summed E-state index contributed by atoms with van der Waals surface area (Å²) in [4.78, 5) is 32.4. The Morgan fingerprint density at radius 2 is 1.56 bits per heavy atom. The summed E-state index contributed by atoms with van der Waals surface area (Å²) in [6.07, 6.45) is 0. The Morgan fingerprint density at radius 1 is 0.912 bits per heavy atom. The summed E-state index contributed by atoms with van der Waals surface area (Å²) >= 11 is 0. The molecule has 1 aliphatic rings. The second kappa shape index (κ2) is 10.9. The van der Waals surface area contributed by atoms with Gasteiger partial charge in [-0.15, -0.1) is 0 Å². The number of amides is 1. The number of hydrogen-bond acceptors (Lipinski definition) is 6. The van der Waals surface area contributed by atoms with Gasteiger partial charge in [0.1, 0.15) is 0 Å². The molecule has 1 aliphatic heterocycles. The second-order valence-electron chi connectivity index (χ2n) is 8.26. The van der Waals surface area contributed by atoms with Crippen LogP contribution in [0, 0.1) is 0 Å². The molecule has 0 atom stereocenters. The monoisotopic (exact) mass is 458 g/mol. The summed E-state index contributed by atoms with van der Waals surface area (Å²) in [5, 5.41) is 0. The molecule has 0 unspecified atom stereocenters. The smallest absolute Gasteiger partial charge is 0.339 e. The number of benzene rings is 3. The fourth-order valence-electron chi connectivity index (χ4n) is 4.23. The van der Waals surface area contributed by atoms with Gasteiger partial charge in [-0.1, -0.05) is 36.4 Å². The van der Waals surface area contributed by atoms with E-state index in [4.69, 9.17) is 10.5 Å². The number of nitrogens with zero attached hydrogens (tertiary/aromatic N) is 3. The molecule has 34 heavy (non-hydrogen) atoms. The molecule has 0 aliphatic carbocycles. The van der Waals surface area contributed by atoms with Crippen LogP contribution in [-0.4, -0.2) is 63.2 Å². The van der Waals surface area contributed by atoms with Gasteiger partial charge in [0, 0.05) is 56.2 Å². The molecule has 1 fully saturated rings. The fourth-order valence-corrected chi connectivity index (χ4v) is 4.23. The van der Waals surface area contributed by atoms with E-state index < -0.39 is 5.97 Å². The Kier molecular flexibility index (Phi) is 7.44. The lowest BCUT2D eigenvalue weighted by Gasteiger charge is -2.37. The molecular formula is C27H30N4O3. The molecule has 3 aromatic carbocycles. The lowest BCUT2D eigenvalue weighted by molar-refractivity contribution is 0.0601. The van der Waals surface area contributed by atoms with Crippen molar-refractivity contribution in [1.82, 2.24) is 4.90 Å². The van der Waals surface area contributed by atoms with Gasteiger partial charge in [-0.2, -0.15) is 0 Å². The molecule has 1 amide bonds. The van der Waals surface area contributed by atoms with Gasteiger partial charge >= 0.3 is 5.97 Å². The van der Waals surface area contributed by atoms with Crippen molar-refractivity contribution in [1.29, 1.82) is 0 Å². The first-order chi connectivity index (χ1) is 16.6. The molecule has 0 bridgehead atoms. The van der Waals surface area contributed by atoms with Crippen LogP contribution in [-0.2, 0) is 4.74 Å². The van der Waals surface area contributed by atoms with Crippen LogP contribution in [0.4, 0.5) is 17.1 Å². The fraction of sp³-hybridized carbons (Fsp3) is 0.259. The van der Waals surface area contributed by atoms with Gasteiger partial charge in [0.15, 0.2) is 0 Å². The minimum atomic E-state index is -0.502. The van der Waals surface area contributed by atoms with Crippen molar-refractivity contribution >= 4 is 28.9 Å². The highest BCUT2D eigenvalue weighted by atomic mass is 16.5. The van der Waals surface area contributed by atoms with Gasteiger partial charge in [0.05, 0.1) is 18.4 Å². The Hall–Kier alpha value is -3.84. The Morgan fingerprint density at radius 3 is 2.21 bits per heavy atom. The van der Waals surface area contributed by atoms with Crippen LogP contribution in [0.3, 0.4) is 0 Å². The molecule has 1 heterocycles. The molecule has 2 N–H and O–H groups in total. The van der Waals surface area contributed by atoms with Gasteiger partial charge in [0.25, 0.3) is 5.91 Å². The van der Waals surface area contributed by atoms with Crippen LogP contribution in [0.25, 0.3) is 0 Å². The van der Waals surface area contributed by atoms with E-state index in [9.17, 15) is 9.59 Å². The van der Waals surface area contributed by atoms with Crippen molar-refractivity contribution < 1.29 is 14.3 Å². The summed E-state index contributed by atoms with van der Waals surface area (Å²) in [6, 6.07) is 24.4. The summed E-state index contributed by atoms with van der Waals surface area (Å²) in [7, 11) is 1.33. The molecule has 4 rings (SSSR count). The number of nitrogens with two attached hydrogens (primary N) is 1. The van der Waals surface area contributed by atoms with E-state index in [2.05, 4.69) is 34.1 Å². The quantitative estimate of drug-likeness (QED) is 0.431. The van der Waals surface area contributed by atoms with Crippen LogP contribution in [0.2, 0.25) is 0 Å². The number of rotatable bonds is 7. The van der Waals surface area contributed by atoms with E-state index in [-0.39, 0.29) is 5.91 Å². The highest BCUT2D eigenvalue weighted by Crippen LogP contribution is 2.26. The number of anilines is 3. The SMILES string of the molecule is COC(=O)c1ccc(N)cc1N(CCN1CCN(c2ccccc2)CC1)C(=O)c1ccccc1. The number of methoxy groups -OCH3 is 1. The lowest BCUT2D eigenvalue weighted by atomic mass is 10.1. The molecule has 0 spiro atoms. The van der Waals surface area contributed by atoms with E-state index >= 15 is 0 Å². The first-order valence-electron chi connectivity index (χ1n) is 11.4. The zero-order chi connectivity index (χ0) is 23.9. The number of ether oxygens (including phenoxy) is 1. The van der Waals surface area contributed by atoms with Crippen LogP contribution in [0.1, 0.15) is 20.7 Å². The Labute approximate surface area is 200 Å².